The molecule has 34 heavy (non-hydrogen) atoms. The van der Waals surface area contributed by atoms with Crippen LogP contribution in [0.3, 0.4) is 0 Å². The van der Waals surface area contributed by atoms with E-state index in [9.17, 15) is 14.4 Å². The molecule has 7 nitrogen and oxygen atoms in total. The zero-order chi connectivity index (χ0) is 23.5. The van der Waals surface area contributed by atoms with E-state index in [-0.39, 0.29) is 17.4 Å². The highest BCUT2D eigenvalue weighted by atomic mass is 16.6. The van der Waals surface area contributed by atoms with Gasteiger partial charge in [0.05, 0.1) is 28.8 Å². The van der Waals surface area contributed by atoms with E-state index in [1.54, 1.807) is 36.5 Å². The minimum atomic E-state index is -0.969. The molecule has 1 N–H and O–H groups in total. The lowest BCUT2D eigenvalue weighted by Gasteiger charge is -2.26. The van der Waals surface area contributed by atoms with Gasteiger partial charge in [-0.25, -0.2) is 9.59 Å². The molecule has 3 aliphatic rings. The van der Waals surface area contributed by atoms with Crippen molar-refractivity contribution in [2.45, 2.75) is 30.3 Å². The first-order valence-corrected chi connectivity index (χ1v) is 11.3. The second-order valence-corrected chi connectivity index (χ2v) is 9.30. The van der Waals surface area contributed by atoms with E-state index in [0.29, 0.717) is 25.1 Å². The molecule has 170 valence electrons. The molecule has 1 spiro atoms. The smallest absolute Gasteiger partial charge is 0.339 e. The van der Waals surface area contributed by atoms with Crippen LogP contribution in [0.2, 0.25) is 0 Å². The molecular formula is C27H22N2O5. The van der Waals surface area contributed by atoms with Gasteiger partial charge in [0.15, 0.2) is 5.60 Å². The van der Waals surface area contributed by atoms with Crippen molar-refractivity contribution in [1.29, 1.82) is 0 Å². The molecule has 1 saturated carbocycles. The molecule has 3 heterocycles. The van der Waals surface area contributed by atoms with Crippen LogP contribution in [0, 0.1) is 0 Å². The van der Waals surface area contributed by atoms with E-state index in [2.05, 4.69) is 4.98 Å². The lowest BCUT2D eigenvalue weighted by molar-refractivity contribution is -0.134. The van der Waals surface area contributed by atoms with Crippen LogP contribution in [0.25, 0.3) is 11.3 Å². The summed E-state index contributed by atoms with van der Waals surface area (Å²) in [6, 6.07) is 17.8. The summed E-state index contributed by atoms with van der Waals surface area (Å²) in [5.74, 6) is -1.23. The molecule has 6 rings (SSSR count). The molecule has 1 aliphatic carbocycles. The van der Waals surface area contributed by atoms with Gasteiger partial charge in [0.1, 0.15) is 0 Å². The van der Waals surface area contributed by atoms with E-state index in [1.165, 1.54) is 0 Å². The number of fused-ring (bicyclic) bond motifs is 2. The summed E-state index contributed by atoms with van der Waals surface area (Å²) in [5.41, 5.74) is 2.79. The number of nitrogens with zero attached hydrogens (tertiary/aromatic N) is 2. The van der Waals surface area contributed by atoms with Crippen molar-refractivity contribution in [3.8, 4) is 11.3 Å². The first kappa shape index (κ1) is 20.6. The molecule has 2 aliphatic heterocycles. The lowest BCUT2D eigenvalue weighted by atomic mass is 9.91. The summed E-state index contributed by atoms with van der Waals surface area (Å²) in [4.78, 5) is 43.5. The Bertz CT molecular complexity index is 1330. The fraction of sp³-hybridized carbons (Fsp3) is 0.259. The maximum atomic E-state index is 13.6. The Morgan fingerprint density at radius 1 is 0.971 bits per heavy atom. The molecule has 0 unspecified atom stereocenters. The number of amides is 1. The first-order valence-electron chi connectivity index (χ1n) is 11.3. The Balaban J connectivity index is 1.22. The van der Waals surface area contributed by atoms with E-state index >= 15 is 0 Å². The lowest BCUT2D eigenvalue weighted by Crippen LogP contribution is -2.40. The number of carbonyl (C=O) groups excluding carboxylic acids is 2. The number of hydrogen-bond acceptors (Lipinski definition) is 5. The maximum Gasteiger partial charge on any atom is 0.339 e. The topological polar surface area (TPSA) is 96.8 Å². The van der Waals surface area contributed by atoms with Crippen LogP contribution in [0.5, 0.6) is 0 Å². The number of hydrogen-bond donors (Lipinski definition) is 1. The van der Waals surface area contributed by atoms with E-state index in [1.807, 2.05) is 35.2 Å². The Hall–Kier alpha value is -4.00. The van der Waals surface area contributed by atoms with Gasteiger partial charge in [-0.1, -0.05) is 36.4 Å². The third-order valence-corrected chi connectivity index (χ3v) is 7.35. The number of benzene rings is 2. The van der Waals surface area contributed by atoms with Crippen molar-refractivity contribution in [2.75, 3.05) is 13.1 Å². The maximum absolute atomic E-state index is 13.6. The van der Waals surface area contributed by atoms with Gasteiger partial charge in [-0.05, 0) is 42.7 Å². The molecule has 1 aromatic heterocycles. The number of aromatic carboxylic acids is 1. The molecular weight excluding hydrogens is 432 g/mol. The van der Waals surface area contributed by atoms with E-state index < -0.39 is 17.0 Å². The number of carboxylic acids is 1. The number of pyridine rings is 1. The third kappa shape index (κ3) is 3.04. The highest BCUT2D eigenvalue weighted by molar-refractivity contribution is 5.96. The number of ether oxygens (including phenoxy) is 1. The quantitative estimate of drug-likeness (QED) is 0.603. The van der Waals surface area contributed by atoms with Gasteiger partial charge < -0.3 is 14.7 Å². The molecule has 2 aromatic carbocycles. The second-order valence-electron chi connectivity index (χ2n) is 9.30. The summed E-state index contributed by atoms with van der Waals surface area (Å²) in [6.45, 7) is 0.918. The van der Waals surface area contributed by atoms with Gasteiger partial charge in [-0.15, -0.1) is 0 Å². The number of carboxylic acid groups (broad SMARTS) is 1. The fourth-order valence-electron chi connectivity index (χ4n) is 5.29. The number of esters is 1. The Morgan fingerprint density at radius 3 is 2.41 bits per heavy atom. The summed E-state index contributed by atoms with van der Waals surface area (Å²) < 4.78 is 5.81. The van der Waals surface area contributed by atoms with Gasteiger partial charge >= 0.3 is 11.9 Å². The highest BCUT2D eigenvalue weighted by Crippen LogP contribution is 2.52. The van der Waals surface area contributed by atoms with Crippen LogP contribution in [0.4, 0.5) is 0 Å². The van der Waals surface area contributed by atoms with E-state index in [0.717, 1.165) is 35.2 Å². The number of rotatable bonds is 4. The minimum Gasteiger partial charge on any atom is -0.478 e. The first-order chi connectivity index (χ1) is 16.4. The molecule has 0 bridgehead atoms. The number of carbonyl (C=O) groups is 3. The predicted molar refractivity (Wildman–Crippen MR) is 122 cm³/mol. The second kappa shape index (κ2) is 7.25. The van der Waals surface area contributed by atoms with Crippen LogP contribution in [-0.4, -0.2) is 45.9 Å². The third-order valence-electron chi connectivity index (χ3n) is 7.35. The summed E-state index contributed by atoms with van der Waals surface area (Å²) in [6.07, 6.45) is 3.88. The summed E-state index contributed by atoms with van der Waals surface area (Å²) in [5, 5.41) is 9.07. The zero-order valence-electron chi connectivity index (χ0n) is 18.4. The molecule has 0 radical (unpaired) electrons. The van der Waals surface area contributed by atoms with Crippen molar-refractivity contribution in [1.82, 2.24) is 9.88 Å². The van der Waals surface area contributed by atoms with Crippen LogP contribution in [-0.2, 0) is 20.5 Å². The number of likely N-dealkylation sites (tertiary alicyclic amines) is 1. The van der Waals surface area contributed by atoms with Gasteiger partial charge in [-0.3, -0.25) is 9.78 Å². The number of aromatic nitrogens is 1. The Morgan fingerprint density at radius 2 is 1.74 bits per heavy atom. The SMILES string of the molecule is O=C(O)c1ccc(-c2ccc(C3(C(=O)N4CC[C@@]5(C4)OC(=O)c4ccccc45)CC3)cn2)cc1. The van der Waals surface area contributed by atoms with Crippen LogP contribution < -0.4 is 0 Å². The van der Waals surface area contributed by atoms with E-state index in [4.69, 9.17) is 9.84 Å². The highest BCUT2D eigenvalue weighted by Gasteiger charge is 2.57. The van der Waals surface area contributed by atoms with Crippen molar-refractivity contribution < 1.29 is 24.2 Å². The largest absolute Gasteiger partial charge is 0.478 e. The Kier molecular flexibility index (Phi) is 4.39. The van der Waals surface area contributed by atoms with Gasteiger partial charge in [-0.2, -0.15) is 0 Å². The molecule has 1 amide bonds. The predicted octanol–water partition coefficient (Wildman–Crippen LogP) is 3.78. The molecule has 7 heteroatoms. The Labute approximate surface area is 196 Å². The van der Waals surface area contributed by atoms with Crippen LogP contribution in [0.1, 0.15) is 51.1 Å². The van der Waals surface area contributed by atoms with Crippen LogP contribution >= 0.6 is 0 Å². The average Bonchev–Trinajstić information content (AvgIpc) is 3.50. The van der Waals surface area contributed by atoms with Gasteiger partial charge in [0.2, 0.25) is 5.91 Å². The van der Waals surface area contributed by atoms with Crippen molar-refractivity contribution in [3.05, 3.63) is 89.1 Å². The summed E-state index contributed by atoms with van der Waals surface area (Å²) >= 11 is 0. The van der Waals surface area contributed by atoms with Crippen molar-refractivity contribution in [2.24, 2.45) is 0 Å². The van der Waals surface area contributed by atoms with Crippen molar-refractivity contribution in [3.63, 3.8) is 0 Å². The summed E-state index contributed by atoms with van der Waals surface area (Å²) in [7, 11) is 0. The van der Waals surface area contributed by atoms with Crippen LogP contribution in [0.15, 0.2) is 66.9 Å². The van der Waals surface area contributed by atoms with Gasteiger partial charge in [0.25, 0.3) is 0 Å². The molecule has 1 saturated heterocycles. The van der Waals surface area contributed by atoms with Crippen molar-refractivity contribution >= 4 is 17.8 Å². The molecule has 1 atom stereocenters. The average molecular weight is 454 g/mol. The molecule has 2 fully saturated rings. The minimum absolute atomic E-state index is 0.0603. The fourth-order valence-corrected chi connectivity index (χ4v) is 5.29. The molecule has 3 aromatic rings. The monoisotopic (exact) mass is 454 g/mol. The van der Waals surface area contributed by atoms with Gasteiger partial charge in [0, 0.05) is 30.3 Å². The normalized spacial score (nSPS) is 21.9. The zero-order valence-corrected chi connectivity index (χ0v) is 18.4. The standard InChI is InChI=1S/C27H22N2O5/c30-23(31)18-7-5-17(6-8-18)22-10-9-19(15-28-22)26(11-12-26)25(33)29-14-13-27(16-29)21-4-2-1-3-20(21)24(32)34-27/h1-10,15H,11-14,16H2,(H,30,31)/t27-/m0/s1.